The lowest BCUT2D eigenvalue weighted by molar-refractivity contribution is -0.137. The summed E-state index contributed by atoms with van der Waals surface area (Å²) in [7, 11) is 0. The van der Waals surface area contributed by atoms with Crippen molar-refractivity contribution in [1.82, 2.24) is 5.32 Å². The number of benzene rings is 1. The summed E-state index contributed by atoms with van der Waals surface area (Å²) in [6.07, 6.45) is -2.01. The quantitative estimate of drug-likeness (QED) is 0.468. The van der Waals surface area contributed by atoms with Gasteiger partial charge in [0.1, 0.15) is 0 Å². The molecule has 2 atom stereocenters. The zero-order chi connectivity index (χ0) is 21.1. The number of rotatable bonds is 7. The highest BCUT2D eigenvalue weighted by atomic mass is 35.5. The smallest absolute Gasteiger partial charge is 0.376 e. The van der Waals surface area contributed by atoms with E-state index in [-0.39, 0.29) is 22.5 Å². The first-order valence-electron chi connectivity index (χ1n) is 9.89. The van der Waals surface area contributed by atoms with Crippen molar-refractivity contribution in [2.75, 3.05) is 13.2 Å². The van der Waals surface area contributed by atoms with Crippen molar-refractivity contribution in [2.24, 2.45) is 5.92 Å². The summed E-state index contributed by atoms with van der Waals surface area (Å²) in [5.41, 5.74) is -0.299. The Morgan fingerprint density at radius 1 is 1.31 bits per heavy atom. The summed E-state index contributed by atoms with van der Waals surface area (Å²) >= 11 is 7.54. The minimum Gasteiger partial charge on any atom is -0.376 e. The predicted molar refractivity (Wildman–Crippen MR) is 113 cm³/mol. The second kappa shape index (κ2) is 9.38. The van der Waals surface area contributed by atoms with Gasteiger partial charge in [0.25, 0.3) is 0 Å². The van der Waals surface area contributed by atoms with Crippen molar-refractivity contribution in [3.8, 4) is 0 Å². The van der Waals surface area contributed by atoms with Crippen LogP contribution in [-0.2, 0) is 17.5 Å². The molecule has 2 heterocycles. The van der Waals surface area contributed by atoms with Crippen LogP contribution in [0.15, 0.2) is 35.7 Å². The molecule has 3 rings (SSSR count). The topological polar surface area (TPSA) is 21.3 Å². The lowest BCUT2D eigenvalue weighted by atomic mass is 9.75. The Bertz CT molecular complexity index is 792. The van der Waals surface area contributed by atoms with Gasteiger partial charge < -0.3 is 10.1 Å². The highest BCUT2D eigenvalue weighted by Crippen LogP contribution is 2.42. The van der Waals surface area contributed by atoms with Crippen molar-refractivity contribution in [1.29, 1.82) is 0 Å². The number of ether oxygens (including phenoxy) is 1. The predicted octanol–water partition coefficient (Wildman–Crippen LogP) is 6.89. The Kier molecular flexibility index (Phi) is 7.31. The summed E-state index contributed by atoms with van der Waals surface area (Å²) in [5, 5.41) is 5.23. The van der Waals surface area contributed by atoms with Crippen LogP contribution in [0.5, 0.6) is 0 Å². The Labute approximate surface area is 179 Å². The Hall–Kier alpha value is -1.08. The van der Waals surface area contributed by atoms with Gasteiger partial charge in [-0.2, -0.15) is 13.2 Å². The number of alkyl halides is 3. The van der Waals surface area contributed by atoms with Crippen molar-refractivity contribution in [3.63, 3.8) is 0 Å². The summed E-state index contributed by atoms with van der Waals surface area (Å²) in [5.74, 6) is 0.289. The van der Waals surface area contributed by atoms with Gasteiger partial charge in [-0.3, -0.25) is 0 Å². The van der Waals surface area contributed by atoms with Crippen LogP contribution in [0.3, 0.4) is 0 Å². The zero-order valence-corrected chi connectivity index (χ0v) is 18.3. The number of nitrogens with one attached hydrogen (secondary N) is 1. The van der Waals surface area contributed by atoms with E-state index in [2.05, 4.69) is 11.4 Å². The molecule has 0 unspecified atom stereocenters. The highest BCUT2D eigenvalue weighted by molar-refractivity contribution is 7.09. The van der Waals surface area contributed by atoms with Crippen LogP contribution in [0.1, 0.15) is 55.0 Å². The molecule has 0 aliphatic carbocycles. The fourth-order valence-electron chi connectivity index (χ4n) is 4.17. The molecular formula is C22H27ClF3NOS. The molecule has 0 radical (unpaired) electrons. The first kappa shape index (κ1) is 22.6. The van der Waals surface area contributed by atoms with E-state index in [0.717, 1.165) is 32.4 Å². The molecule has 1 aliphatic rings. The third kappa shape index (κ3) is 6.20. The molecule has 1 aliphatic heterocycles. The molecule has 0 spiro atoms. The van der Waals surface area contributed by atoms with Crippen LogP contribution in [-0.4, -0.2) is 18.8 Å². The van der Waals surface area contributed by atoms with Crippen LogP contribution >= 0.6 is 22.9 Å². The fourth-order valence-corrected chi connectivity index (χ4v) is 5.07. The normalized spacial score (nSPS) is 20.6. The monoisotopic (exact) mass is 445 g/mol. The molecule has 1 fully saturated rings. The zero-order valence-electron chi connectivity index (χ0n) is 16.7. The molecular weight excluding hydrogens is 419 g/mol. The Balaban J connectivity index is 1.78. The average molecular weight is 446 g/mol. The summed E-state index contributed by atoms with van der Waals surface area (Å²) in [6, 6.07) is 8.47. The van der Waals surface area contributed by atoms with Gasteiger partial charge in [0.2, 0.25) is 0 Å². The van der Waals surface area contributed by atoms with Crippen molar-refractivity contribution < 1.29 is 17.9 Å². The molecule has 7 heteroatoms. The van der Waals surface area contributed by atoms with Crippen LogP contribution in [0.25, 0.3) is 0 Å². The maximum absolute atomic E-state index is 13.4. The molecule has 29 heavy (non-hydrogen) atoms. The minimum absolute atomic E-state index is 0.0207. The van der Waals surface area contributed by atoms with Crippen molar-refractivity contribution in [2.45, 2.75) is 57.3 Å². The van der Waals surface area contributed by atoms with E-state index in [1.54, 1.807) is 17.4 Å². The maximum Gasteiger partial charge on any atom is 0.417 e. The van der Waals surface area contributed by atoms with E-state index in [4.69, 9.17) is 16.3 Å². The van der Waals surface area contributed by atoms with Gasteiger partial charge in [0.05, 0.1) is 16.2 Å². The van der Waals surface area contributed by atoms with Crippen molar-refractivity contribution in [3.05, 3.63) is 56.7 Å². The molecule has 0 bridgehead atoms. The summed E-state index contributed by atoms with van der Waals surface area (Å²) in [4.78, 5) is 1.25. The molecule has 1 aromatic heterocycles. The number of halogens is 4. The SMILES string of the molecule is CC1(C)C[C@@H]([C@H](CCNCc2cccs2)c2ccc(Cl)c(C(F)(F)F)c2)CCO1. The lowest BCUT2D eigenvalue weighted by Crippen LogP contribution is -2.37. The van der Waals surface area contributed by atoms with Gasteiger partial charge in [0, 0.05) is 18.0 Å². The van der Waals surface area contributed by atoms with Gasteiger partial charge in [-0.15, -0.1) is 11.3 Å². The molecule has 0 saturated carbocycles. The molecule has 1 saturated heterocycles. The third-order valence-corrected chi connectivity index (χ3v) is 6.75. The lowest BCUT2D eigenvalue weighted by Gasteiger charge is -2.39. The molecule has 1 aromatic carbocycles. The first-order valence-corrected chi connectivity index (χ1v) is 11.2. The van der Waals surface area contributed by atoms with Crippen LogP contribution in [0.2, 0.25) is 5.02 Å². The molecule has 2 aromatic rings. The second-order valence-corrected chi connectivity index (χ2v) is 9.69. The van der Waals surface area contributed by atoms with E-state index in [9.17, 15) is 13.2 Å². The first-order chi connectivity index (χ1) is 13.7. The van der Waals surface area contributed by atoms with Crippen LogP contribution < -0.4 is 5.32 Å². The van der Waals surface area contributed by atoms with E-state index < -0.39 is 11.7 Å². The van der Waals surface area contributed by atoms with Gasteiger partial charge in [0.15, 0.2) is 0 Å². The number of thiophene rings is 1. The molecule has 160 valence electrons. The molecule has 1 N–H and O–H groups in total. The maximum atomic E-state index is 13.4. The minimum atomic E-state index is -4.45. The second-order valence-electron chi connectivity index (χ2n) is 8.25. The third-order valence-electron chi connectivity index (χ3n) is 5.54. The van der Waals surface area contributed by atoms with Crippen molar-refractivity contribution >= 4 is 22.9 Å². The van der Waals surface area contributed by atoms with Gasteiger partial charge in [-0.1, -0.05) is 23.7 Å². The Morgan fingerprint density at radius 3 is 2.76 bits per heavy atom. The van der Waals surface area contributed by atoms with E-state index in [1.165, 1.54) is 17.0 Å². The molecule has 0 amide bonds. The Morgan fingerprint density at radius 2 is 2.10 bits per heavy atom. The fraction of sp³-hybridized carbons (Fsp3) is 0.545. The standard InChI is InChI=1S/C22H27ClF3NOS/c1-21(2)13-16(8-10-28-21)18(7-9-27-14-17-4-3-11-29-17)15-5-6-20(23)19(12-15)22(24,25)26/h3-6,11-12,16,18,27H,7-10,13-14H2,1-2H3/t16-,18+/m0/s1. The van der Waals surface area contributed by atoms with Crippen LogP contribution in [0.4, 0.5) is 13.2 Å². The van der Waals surface area contributed by atoms with Gasteiger partial charge >= 0.3 is 6.18 Å². The largest absolute Gasteiger partial charge is 0.417 e. The summed E-state index contributed by atoms with van der Waals surface area (Å²) < 4.78 is 46.1. The number of hydrogen-bond donors (Lipinski definition) is 1. The highest BCUT2D eigenvalue weighted by Gasteiger charge is 2.37. The van der Waals surface area contributed by atoms with Crippen LogP contribution in [0, 0.1) is 5.92 Å². The van der Waals surface area contributed by atoms with E-state index >= 15 is 0 Å². The van der Waals surface area contributed by atoms with E-state index in [1.807, 2.05) is 25.3 Å². The van der Waals surface area contributed by atoms with Gasteiger partial charge in [-0.05, 0) is 80.6 Å². The number of hydrogen-bond acceptors (Lipinski definition) is 3. The van der Waals surface area contributed by atoms with Gasteiger partial charge in [-0.25, -0.2) is 0 Å². The van der Waals surface area contributed by atoms with E-state index in [0.29, 0.717) is 12.2 Å². The molecule has 2 nitrogen and oxygen atoms in total. The summed E-state index contributed by atoms with van der Waals surface area (Å²) in [6.45, 7) is 6.25. The average Bonchev–Trinajstić information content (AvgIpc) is 3.14.